The lowest BCUT2D eigenvalue weighted by Gasteiger charge is -2.10. The number of ether oxygens (including phenoxy) is 2. The van der Waals surface area contributed by atoms with Gasteiger partial charge in [0.05, 0.1) is 11.1 Å². The van der Waals surface area contributed by atoms with Gasteiger partial charge in [-0.3, -0.25) is 4.79 Å². The van der Waals surface area contributed by atoms with Gasteiger partial charge < -0.3 is 14.8 Å². The predicted molar refractivity (Wildman–Crippen MR) is 90.9 cm³/mol. The lowest BCUT2D eigenvalue weighted by atomic mass is 10.3. The van der Waals surface area contributed by atoms with Gasteiger partial charge in [0.1, 0.15) is 11.5 Å². The Morgan fingerprint density at radius 1 is 1.23 bits per heavy atom. The molecule has 0 aromatic heterocycles. The van der Waals surface area contributed by atoms with E-state index in [1.54, 1.807) is 30.3 Å². The second kappa shape index (κ2) is 8.06. The fourth-order valence-corrected chi connectivity index (χ4v) is 2.56. The van der Waals surface area contributed by atoms with Gasteiger partial charge in [-0.2, -0.15) is 0 Å². The van der Waals surface area contributed by atoms with Crippen LogP contribution in [0.2, 0.25) is 5.02 Å². The molecule has 0 aliphatic carbocycles. The third-order valence-electron chi connectivity index (χ3n) is 2.68. The molecule has 1 N–H and O–H groups in total. The second-order valence-electron chi connectivity index (χ2n) is 4.37. The van der Waals surface area contributed by atoms with Gasteiger partial charge in [-0.1, -0.05) is 17.7 Å². The van der Waals surface area contributed by atoms with Crippen molar-refractivity contribution in [2.75, 3.05) is 18.5 Å². The molecule has 2 aromatic rings. The highest BCUT2D eigenvalue weighted by molar-refractivity contribution is 9.10. The van der Waals surface area contributed by atoms with Crippen LogP contribution in [-0.2, 0) is 4.79 Å². The first-order valence-corrected chi connectivity index (χ1v) is 7.86. The van der Waals surface area contributed by atoms with Crippen molar-refractivity contribution in [3.05, 3.63) is 52.0 Å². The van der Waals surface area contributed by atoms with Gasteiger partial charge in [-0.15, -0.1) is 0 Å². The van der Waals surface area contributed by atoms with Crippen LogP contribution in [0.5, 0.6) is 11.5 Å². The summed E-state index contributed by atoms with van der Waals surface area (Å²) < 4.78 is 11.5. The smallest absolute Gasteiger partial charge is 0.262 e. The summed E-state index contributed by atoms with van der Waals surface area (Å²) in [5.74, 6) is 1.01. The number of rotatable bonds is 6. The maximum Gasteiger partial charge on any atom is 0.262 e. The highest BCUT2D eigenvalue weighted by Gasteiger charge is 2.07. The molecule has 0 fully saturated rings. The van der Waals surface area contributed by atoms with Crippen LogP contribution >= 0.6 is 27.5 Å². The average molecular weight is 385 g/mol. The zero-order valence-electron chi connectivity index (χ0n) is 11.9. The van der Waals surface area contributed by atoms with Crippen molar-refractivity contribution in [2.24, 2.45) is 0 Å². The van der Waals surface area contributed by atoms with Crippen LogP contribution in [0.25, 0.3) is 0 Å². The highest BCUT2D eigenvalue weighted by Crippen LogP contribution is 2.28. The van der Waals surface area contributed by atoms with Crippen LogP contribution in [0.1, 0.15) is 6.92 Å². The minimum Gasteiger partial charge on any atom is -0.494 e. The number of hydrogen-bond donors (Lipinski definition) is 1. The van der Waals surface area contributed by atoms with E-state index in [2.05, 4.69) is 21.2 Å². The lowest BCUT2D eigenvalue weighted by Crippen LogP contribution is -2.20. The first-order chi connectivity index (χ1) is 10.6. The molecule has 6 heteroatoms. The molecule has 2 rings (SSSR count). The number of amides is 1. The van der Waals surface area contributed by atoms with Crippen LogP contribution in [-0.4, -0.2) is 19.1 Å². The Morgan fingerprint density at radius 2 is 2.05 bits per heavy atom. The van der Waals surface area contributed by atoms with E-state index >= 15 is 0 Å². The van der Waals surface area contributed by atoms with Crippen LogP contribution < -0.4 is 14.8 Å². The first-order valence-electron chi connectivity index (χ1n) is 6.69. The summed E-state index contributed by atoms with van der Waals surface area (Å²) in [6.07, 6.45) is 0. The van der Waals surface area contributed by atoms with E-state index < -0.39 is 0 Å². The molecular formula is C16H15BrClNO3. The van der Waals surface area contributed by atoms with E-state index in [9.17, 15) is 4.79 Å². The van der Waals surface area contributed by atoms with Gasteiger partial charge in [0.2, 0.25) is 0 Å². The number of halogens is 2. The predicted octanol–water partition coefficient (Wildman–Crippen LogP) is 4.52. The van der Waals surface area contributed by atoms with Crippen LogP contribution in [0.4, 0.5) is 5.69 Å². The SMILES string of the molecule is CCOc1cccc(NC(=O)COc2ccc(Cl)cc2Br)c1. The standard InChI is InChI=1S/C16H15BrClNO3/c1-2-21-13-5-3-4-12(9-13)19-16(20)10-22-15-7-6-11(18)8-14(15)17/h3-9H,2,10H2,1H3,(H,19,20). The van der Waals surface area contributed by atoms with Gasteiger partial charge in [0, 0.05) is 16.8 Å². The average Bonchev–Trinajstić information content (AvgIpc) is 2.47. The number of carbonyl (C=O) groups excluding carboxylic acids is 1. The summed E-state index contributed by atoms with van der Waals surface area (Å²) in [4.78, 5) is 11.9. The Bertz CT molecular complexity index is 664. The molecule has 0 saturated heterocycles. The maximum absolute atomic E-state index is 11.9. The molecule has 0 aliphatic rings. The Morgan fingerprint density at radius 3 is 2.77 bits per heavy atom. The van der Waals surface area contributed by atoms with Gasteiger partial charge in [-0.25, -0.2) is 0 Å². The van der Waals surface area contributed by atoms with Crippen molar-refractivity contribution in [1.29, 1.82) is 0 Å². The second-order valence-corrected chi connectivity index (χ2v) is 5.66. The topological polar surface area (TPSA) is 47.6 Å². The van der Waals surface area contributed by atoms with Crippen molar-refractivity contribution in [2.45, 2.75) is 6.92 Å². The molecule has 0 atom stereocenters. The van der Waals surface area contributed by atoms with E-state index in [1.807, 2.05) is 19.1 Å². The molecule has 0 spiro atoms. The molecule has 0 saturated carbocycles. The van der Waals surface area contributed by atoms with Gasteiger partial charge in [0.25, 0.3) is 5.91 Å². The van der Waals surface area contributed by atoms with Crippen molar-refractivity contribution in [1.82, 2.24) is 0 Å². The number of nitrogens with one attached hydrogen (secondary N) is 1. The Balaban J connectivity index is 1.91. The fourth-order valence-electron chi connectivity index (χ4n) is 1.76. The molecule has 2 aromatic carbocycles. The van der Waals surface area contributed by atoms with Gasteiger partial charge in [0.15, 0.2) is 6.61 Å². The van der Waals surface area contributed by atoms with Crippen molar-refractivity contribution in [3.63, 3.8) is 0 Å². The third kappa shape index (κ3) is 4.93. The molecule has 22 heavy (non-hydrogen) atoms. The zero-order chi connectivity index (χ0) is 15.9. The van der Waals surface area contributed by atoms with Crippen molar-refractivity contribution < 1.29 is 14.3 Å². The quantitative estimate of drug-likeness (QED) is 0.796. The largest absolute Gasteiger partial charge is 0.494 e. The van der Waals surface area contributed by atoms with Crippen LogP contribution in [0.3, 0.4) is 0 Å². The Kier molecular flexibility index (Phi) is 6.10. The molecule has 4 nitrogen and oxygen atoms in total. The molecule has 1 amide bonds. The molecule has 116 valence electrons. The van der Waals surface area contributed by atoms with E-state index in [4.69, 9.17) is 21.1 Å². The number of carbonyl (C=O) groups is 1. The minimum atomic E-state index is -0.254. The summed E-state index contributed by atoms with van der Waals surface area (Å²) in [7, 11) is 0. The summed E-state index contributed by atoms with van der Waals surface area (Å²) in [5, 5.41) is 3.35. The first kappa shape index (κ1) is 16.6. The minimum absolute atomic E-state index is 0.0981. The summed E-state index contributed by atoms with van der Waals surface area (Å²) in [5.41, 5.74) is 0.662. The van der Waals surface area contributed by atoms with E-state index in [-0.39, 0.29) is 12.5 Å². The van der Waals surface area contributed by atoms with Crippen LogP contribution in [0.15, 0.2) is 46.9 Å². The lowest BCUT2D eigenvalue weighted by molar-refractivity contribution is -0.118. The summed E-state index contributed by atoms with van der Waals surface area (Å²) in [6.45, 7) is 2.38. The monoisotopic (exact) mass is 383 g/mol. The van der Waals surface area contributed by atoms with E-state index in [1.165, 1.54) is 0 Å². The van der Waals surface area contributed by atoms with E-state index in [0.717, 1.165) is 0 Å². The Labute approximate surface area is 142 Å². The maximum atomic E-state index is 11.9. The van der Waals surface area contributed by atoms with Gasteiger partial charge in [-0.05, 0) is 53.2 Å². The number of anilines is 1. The van der Waals surface area contributed by atoms with Crippen molar-refractivity contribution in [3.8, 4) is 11.5 Å². The molecule has 0 unspecified atom stereocenters. The fraction of sp³-hybridized carbons (Fsp3) is 0.188. The van der Waals surface area contributed by atoms with E-state index in [0.29, 0.717) is 33.3 Å². The zero-order valence-corrected chi connectivity index (χ0v) is 14.3. The summed E-state index contributed by atoms with van der Waals surface area (Å²) >= 11 is 9.18. The molecular weight excluding hydrogens is 370 g/mol. The normalized spacial score (nSPS) is 10.1. The Hall–Kier alpha value is -1.72. The highest BCUT2D eigenvalue weighted by atomic mass is 79.9. The third-order valence-corrected chi connectivity index (χ3v) is 3.54. The molecule has 0 radical (unpaired) electrons. The van der Waals surface area contributed by atoms with Gasteiger partial charge >= 0.3 is 0 Å². The molecule has 0 heterocycles. The number of hydrogen-bond acceptors (Lipinski definition) is 3. The summed E-state index contributed by atoms with van der Waals surface area (Å²) in [6, 6.07) is 12.3. The number of benzene rings is 2. The van der Waals surface area contributed by atoms with Crippen LogP contribution in [0, 0.1) is 0 Å². The molecule has 0 bridgehead atoms. The molecule has 0 aliphatic heterocycles. The van der Waals surface area contributed by atoms with Crippen molar-refractivity contribution >= 4 is 39.1 Å².